The smallest absolute Gasteiger partial charge is 0.251 e. The van der Waals surface area contributed by atoms with E-state index in [0.717, 1.165) is 11.1 Å². The van der Waals surface area contributed by atoms with Crippen molar-refractivity contribution in [3.05, 3.63) is 35.4 Å². The number of nitrogens with one attached hydrogen (secondary N) is 1. The molecular formula is C15H22N2O. The molecule has 3 nitrogen and oxygen atoms in total. The van der Waals surface area contributed by atoms with Gasteiger partial charge in [-0.25, -0.2) is 0 Å². The van der Waals surface area contributed by atoms with E-state index < -0.39 is 0 Å². The summed E-state index contributed by atoms with van der Waals surface area (Å²) in [6, 6.07) is 7.78. The quantitative estimate of drug-likeness (QED) is 0.856. The van der Waals surface area contributed by atoms with Gasteiger partial charge in [-0.2, -0.15) is 0 Å². The minimum absolute atomic E-state index is 0.00245. The van der Waals surface area contributed by atoms with Gasteiger partial charge in [-0.1, -0.05) is 30.5 Å². The van der Waals surface area contributed by atoms with Crippen molar-refractivity contribution in [1.29, 1.82) is 0 Å². The molecule has 2 rings (SSSR count). The van der Waals surface area contributed by atoms with Gasteiger partial charge >= 0.3 is 0 Å². The van der Waals surface area contributed by atoms with Crippen LogP contribution >= 0.6 is 0 Å². The van der Waals surface area contributed by atoms with Crippen molar-refractivity contribution in [3.63, 3.8) is 0 Å². The van der Waals surface area contributed by atoms with E-state index in [1.807, 2.05) is 31.2 Å². The Bertz CT molecular complexity index is 393. The summed E-state index contributed by atoms with van der Waals surface area (Å²) in [5.41, 5.74) is 7.67. The monoisotopic (exact) mass is 246 g/mol. The standard InChI is InChI=1S/C15H22N2O/c1-11-6-8-13(9-7-11)15(18)17-14(10-16)12-4-2-3-5-12/h6-9,12,14H,2-5,10,16H2,1H3,(H,17,18). The van der Waals surface area contributed by atoms with Gasteiger partial charge in [0.1, 0.15) is 0 Å². The van der Waals surface area contributed by atoms with E-state index in [1.165, 1.54) is 25.7 Å². The molecule has 0 aromatic heterocycles. The van der Waals surface area contributed by atoms with E-state index in [1.54, 1.807) is 0 Å². The van der Waals surface area contributed by atoms with Crippen LogP contribution in [0.1, 0.15) is 41.6 Å². The lowest BCUT2D eigenvalue weighted by molar-refractivity contribution is 0.0924. The summed E-state index contributed by atoms with van der Waals surface area (Å²) in [7, 11) is 0. The van der Waals surface area contributed by atoms with E-state index in [2.05, 4.69) is 5.32 Å². The van der Waals surface area contributed by atoms with Crippen LogP contribution in [-0.2, 0) is 0 Å². The largest absolute Gasteiger partial charge is 0.348 e. The van der Waals surface area contributed by atoms with E-state index in [9.17, 15) is 4.79 Å². The molecule has 0 saturated heterocycles. The molecule has 1 fully saturated rings. The number of amides is 1. The third-order valence-electron chi connectivity index (χ3n) is 3.85. The zero-order valence-electron chi connectivity index (χ0n) is 11.0. The van der Waals surface area contributed by atoms with Crippen molar-refractivity contribution >= 4 is 5.91 Å². The maximum Gasteiger partial charge on any atom is 0.251 e. The summed E-state index contributed by atoms with van der Waals surface area (Å²) in [6.45, 7) is 2.55. The molecule has 3 heteroatoms. The lowest BCUT2D eigenvalue weighted by Crippen LogP contribution is -2.44. The summed E-state index contributed by atoms with van der Waals surface area (Å²) in [4.78, 5) is 12.1. The Balaban J connectivity index is 1.98. The van der Waals surface area contributed by atoms with Crippen LogP contribution in [0.5, 0.6) is 0 Å². The van der Waals surface area contributed by atoms with E-state index in [-0.39, 0.29) is 11.9 Å². The van der Waals surface area contributed by atoms with Gasteiger partial charge in [0.2, 0.25) is 0 Å². The minimum Gasteiger partial charge on any atom is -0.348 e. The average molecular weight is 246 g/mol. The Labute approximate surface area is 109 Å². The summed E-state index contributed by atoms with van der Waals surface area (Å²) in [5.74, 6) is 0.557. The number of rotatable bonds is 4. The summed E-state index contributed by atoms with van der Waals surface area (Å²) in [6.07, 6.45) is 4.91. The molecule has 0 heterocycles. The fourth-order valence-electron chi connectivity index (χ4n) is 2.69. The average Bonchev–Trinajstić information content (AvgIpc) is 2.90. The van der Waals surface area contributed by atoms with Gasteiger partial charge in [-0.05, 0) is 37.8 Å². The topological polar surface area (TPSA) is 55.1 Å². The molecule has 0 spiro atoms. The van der Waals surface area contributed by atoms with Gasteiger partial charge in [-0.15, -0.1) is 0 Å². The Morgan fingerprint density at radius 2 is 1.94 bits per heavy atom. The molecule has 1 amide bonds. The Morgan fingerprint density at radius 1 is 1.33 bits per heavy atom. The number of aryl methyl sites for hydroxylation is 1. The van der Waals surface area contributed by atoms with Gasteiger partial charge < -0.3 is 11.1 Å². The molecule has 1 unspecified atom stereocenters. The van der Waals surface area contributed by atoms with Gasteiger partial charge in [0, 0.05) is 18.2 Å². The second-order valence-corrected chi connectivity index (χ2v) is 5.23. The molecule has 0 radical (unpaired) electrons. The van der Waals surface area contributed by atoms with Gasteiger partial charge in [0.05, 0.1) is 0 Å². The van der Waals surface area contributed by atoms with E-state index >= 15 is 0 Å². The summed E-state index contributed by atoms with van der Waals surface area (Å²) >= 11 is 0. The fraction of sp³-hybridized carbons (Fsp3) is 0.533. The number of hydrogen-bond donors (Lipinski definition) is 2. The predicted molar refractivity (Wildman–Crippen MR) is 73.4 cm³/mol. The molecule has 1 aromatic carbocycles. The molecule has 98 valence electrons. The van der Waals surface area contributed by atoms with Crippen molar-refractivity contribution in [2.75, 3.05) is 6.54 Å². The Hall–Kier alpha value is -1.35. The maximum absolute atomic E-state index is 12.1. The van der Waals surface area contributed by atoms with E-state index in [4.69, 9.17) is 5.73 Å². The zero-order chi connectivity index (χ0) is 13.0. The first kappa shape index (κ1) is 13.1. The van der Waals surface area contributed by atoms with Gasteiger partial charge in [0.15, 0.2) is 0 Å². The lowest BCUT2D eigenvalue weighted by Gasteiger charge is -2.23. The zero-order valence-corrected chi connectivity index (χ0v) is 11.0. The fourth-order valence-corrected chi connectivity index (χ4v) is 2.69. The first-order valence-corrected chi connectivity index (χ1v) is 6.78. The van der Waals surface area contributed by atoms with Crippen LogP contribution in [0.25, 0.3) is 0 Å². The van der Waals surface area contributed by atoms with Crippen LogP contribution in [-0.4, -0.2) is 18.5 Å². The summed E-state index contributed by atoms with van der Waals surface area (Å²) in [5, 5.41) is 3.08. The Morgan fingerprint density at radius 3 is 2.50 bits per heavy atom. The number of carbonyl (C=O) groups is 1. The second-order valence-electron chi connectivity index (χ2n) is 5.23. The molecule has 0 aliphatic heterocycles. The highest BCUT2D eigenvalue weighted by atomic mass is 16.1. The van der Waals surface area contributed by atoms with Crippen molar-refractivity contribution in [2.24, 2.45) is 11.7 Å². The molecule has 18 heavy (non-hydrogen) atoms. The molecule has 1 atom stereocenters. The molecular weight excluding hydrogens is 224 g/mol. The molecule has 1 saturated carbocycles. The van der Waals surface area contributed by atoms with E-state index in [0.29, 0.717) is 12.5 Å². The first-order chi connectivity index (χ1) is 8.70. The predicted octanol–water partition coefficient (Wildman–Crippen LogP) is 2.24. The van der Waals surface area contributed by atoms with Crippen molar-refractivity contribution < 1.29 is 4.79 Å². The second kappa shape index (κ2) is 6.01. The number of nitrogens with two attached hydrogens (primary N) is 1. The number of carbonyl (C=O) groups excluding carboxylic acids is 1. The van der Waals surface area contributed by atoms with Gasteiger partial charge in [-0.3, -0.25) is 4.79 Å². The van der Waals surface area contributed by atoms with Crippen LogP contribution < -0.4 is 11.1 Å². The molecule has 0 bridgehead atoms. The third kappa shape index (κ3) is 3.10. The normalized spacial score (nSPS) is 17.7. The molecule has 1 aliphatic carbocycles. The molecule has 1 aromatic rings. The van der Waals surface area contributed by atoms with Crippen molar-refractivity contribution in [1.82, 2.24) is 5.32 Å². The van der Waals surface area contributed by atoms with Crippen LogP contribution in [0.2, 0.25) is 0 Å². The first-order valence-electron chi connectivity index (χ1n) is 6.78. The molecule has 1 aliphatic rings. The minimum atomic E-state index is -0.00245. The van der Waals surface area contributed by atoms with Crippen LogP contribution in [0.4, 0.5) is 0 Å². The van der Waals surface area contributed by atoms with Gasteiger partial charge in [0.25, 0.3) is 5.91 Å². The third-order valence-corrected chi connectivity index (χ3v) is 3.85. The van der Waals surface area contributed by atoms with Crippen molar-refractivity contribution in [3.8, 4) is 0 Å². The highest BCUT2D eigenvalue weighted by Crippen LogP contribution is 2.27. The SMILES string of the molecule is Cc1ccc(C(=O)NC(CN)C2CCCC2)cc1. The van der Waals surface area contributed by atoms with Crippen molar-refractivity contribution in [2.45, 2.75) is 38.6 Å². The van der Waals surface area contributed by atoms with Crippen LogP contribution in [0, 0.1) is 12.8 Å². The highest BCUT2D eigenvalue weighted by molar-refractivity contribution is 5.94. The maximum atomic E-state index is 12.1. The Kier molecular flexibility index (Phi) is 4.37. The summed E-state index contributed by atoms with van der Waals surface area (Å²) < 4.78 is 0. The van der Waals surface area contributed by atoms with Crippen LogP contribution in [0.3, 0.4) is 0 Å². The number of benzene rings is 1. The highest BCUT2D eigenvalue weighted by Gasteiger charge is 2.25. The number of hydrogen-bond acceptors (Lipinski definition) is 2. The lowest BCUT2D eigenvalue weighted by atomic mass is 9.98. The molecule has 3 N–H and O–H groups in total. The van der Waals surface area contributed by atoms with Crippen LogP contribution in [0.15, 0.2) is 24.3 Å².